The Hall–Kier alpha value is -1.05. The molecule has 1 aromatic carbocycles. The van der Waals surface area contributed by atoms with Crippen LogP contribution in [0.15, 0.2) is 23.1 Å². The van der Waals surface area contributed by atoms with Crippen molar-refractivity contribution in [1.82, 2.24) is 0 Å². The fourth-order valence-electron chi connectivity index (χ4n) is 1.09. The van der Waals surface area contributed by atoms with Crippen molar-refractivity contribution in [2.24, 2.45) is 0 Å². The first-order valence-electron chi connectivity index (χ1n) is 4.14. The van der Waals surface area contributed by atoms with Crippen molar-refractivity contribution in [1.29, 1.82) is 0 Å². The minimum Gasteiger partial charge on any atom is -0.255 e. The summed E-state index contributed by atoms with van der Waals surface area (Å²) < 4.78 is 85.0. The Morgan fingerprint density at radius 3 is 1.47 bits per heavy atom. The lowest BCUT2D eigenvalue weighted by Crippen LogP contribution is -2.12. The minimum atomic E-state index is -4.91. The summed E-state index contributed by atoms with van der Waals surface area (Å²) in [6.45, 7) is 0. The maximum Gasteiger partial charge on any atom is 0.416 e. The fourth-order valence-corrected chi connectivity index (χ4v) is 1.68. The Morgan fingerprint density at radius 2 is 1.24 bits per heavy atom. The van der Waals surface area contributed by atoms with Crippen molar-refractivity contribution in [3.05, 3.63) is 29.3 Å². The van der Waals surface area contributed by atoms with E-state index in [1.165, 1.54) is 0 Å². The summed E-state index contributed by atoms with van der Waals surface area (Å²) in [5.74, 6) is 0. The maximum absolute atomic E-state index is 12.3. The molecule has 1 rings (SSSR count). The Balaban J connectivity index is 3.45. The average Bonchev–Trinajstić information content (AvgIpc) is 2.14. The number of benzene rings is 1. The van der Waals surface area contributed by atoms with Gasteiger partial charge in [-0.05, 0) is 18.2 Å². The summed E-state index contributed by atoms with van der Waals surface area (Å²) in [5, 5.41) is 0. The van der Waals surface area contributed by atoms with Crippen LogP contribution in [0.4, 0.5) is 26.3 Å². The molecule has 0 amide bonds. The molecule has 1 unspecified atom stereocenters. The monoisotopic (exact) mass is 276 g/mol. The number of alkyl halides is 6. The molecule has 0 aliphatic rings. The van der Waals surface area contributed by atoms with Gasteiger partial charge in [0.1, 0.15) is 0 Å². The zero-order valence-corrected chi connectivity index (χ0v) is 9.13. The van der Waals surface area contributed by atoms with Crippen LogP contribution in [-0.2, 0) is 23.2 Å². The molecular formula is C9H6F6OS. The standard InChI is InChI=1S/C9H6F6OS/c1-17(16)7-3-5(8(10,11)12)2-6(4-7)9(13,14)15/h2-4H,1H3. The van der Waals surface area contributed by atoms with Gasteiger partial charge in [-0.1, -0.05) is 0 Å². The first-order valence-corrected chi connectivity index (χ1v) is 5.70. The Kier molecular flexibility index (Phi) is 3.56. The number of hydrogen-bond acceptors (Lipinski definition) is 1. The summed E-state index contributed by atoms with van der Waals surface area (Å²) in [4.78, 5) is -0.507. The molecule has 0 bridgehead atoms. The van der Waals surface area contributed by atoms with Crippen LogP contribution in [0.5, 0.6) is 0 Å². The van der Waals surface area contributed by atoms with E-state index in [2.05, 4.69) is 0 Å². The smallest absolute Gasteiger partial charge is 0.255 e. The average molecular weight is 276 g/mol. The molecule has 0 saturated carbocycles. The van der Waals surface area contributed by atoms with Gasteiger partial charge in [-0.15, -0.1) is 0 Å². The maximum atomic E-state index is 12.3. The van der Waals surface area contributed by atoms with E-state index in [9.17, 15) is 30.6 Å². The third-order valence-electron chi connectivity index (χ3n) is 1.89. The highest BCUT2D eigenvalue weighted by Crippen LogP contribution is 2.36. The molecule has 1 atom stereocenters. The van der Waals surface area contributed by atoms with Gasteiger partial charge < -0.3 is 0 Å². The van der Waals surface area contributed by atoms with Crippen molar-refractivity contribution < 1.29 is 30.6 Å². The van der Waals surface area contributed by atoms with E-state index in [1.807, 2.05) is 0 Å². The molecule has 0 N–H and O–H groups in total. The van der Waals surface area contributed by atoms with Crippen LogP contribution in [0.1, 0.15) is 11.1 Å². The molecule has 1 nitrogen and oxygen atoms in total. The minimum absolute atomic E-state index is 0.00361. The molecule has 8 heteroatoms. The van der Waals surface area contributed by atoms with E-state index in [1.54, 1.807) is 0 Å². The summed E-state index contributed by atoms with van der Waals surface area (Å²) in [6, 6.07) is 0.896. The van der Waals surface area contributed by atoms with E-state index in [4.69, 9.17) is 0 Å². The van der Waals surface area contributed by atoms with Crippen LogP contribution in [0, 0.1) is 0 Å². The van der Waals surface area contributed by atoms with Crippen LogP contribution in [-0.4, -0.2) is 10.5 Å². The lowest BCUT2D eigenvalue weighted by molar-refractivity contribution is -0.143. The molecule has 0 aliphatic heterocycles. The van der Waals surface area contributed by atoms with Crippen molar-refractivity contribution in [3.63, 3.8) is 0 Å². The molecule has 0 saturated heterocycles. The van der Waals surface area contributed by atoms with Crippen molar-refractivity contribution in [3.8, 4) is 0 Å². The van der Waals surface area contributed by atoms with E-state index in [0.717, 1.165) is 6.26 Å². The summed E-state index contributed by atoms with van der Waals surface area (Å²) in [6.07, 6.45) is -8.81. The van der Waals surface area contributed by atoms with Crippen LogP contribution < -0.4 is 0 Å². The van der Waals surface area contributed by atoms with Crippen LogP contribution in [0.3, 0.4) is 0 Å². The SMILES string of the molecule is CS(=O)c1cc(C(F)(F)F)cc(C(F)(F)F)c1. The highest BCUT2D eigenvalue weighted by molar-refractivity contribution is 7.84. The molecule has 0 spiro atoms. The van der Waals surface area contributed by atoms with Gasteiger partial charge in [0.05, 0.1) is 11.1 Å². The quantitative estimate of drug-likeness (QED) is 0.718. The van der Waals surface area contributed by atoms with Crippen LogP contribution >= 0.6 is 0 Å². The molecular weight excluding hydrogens is 270 g/mol. The van der Waals surface area contributed by atoms with Crippen molar-refractivity contribution in [2.45, 2.75) is 17.2 Å². The second kappa shape index (κ2) is 4.32. The van der Waals surface area contributed by atoms with Gasteiger partial charge in [-0.3, -0.25) is 4.21 Å². The number of rotatable bonds is 1. The lowest BCUT2D eigenvalue weighted by Gasteiger charge is -2.13. The molecule has 0 aromatic heterocycles. The van der Waals surface area contributed by atoms with Gasteiger partial charge in [0.15, 0.2) is 0 Å². The molecule has 17 heavy (non-hydrogen) atoms. The van der Waals surface area contributed by atoms with Gasteiger partial charge in [0.25, 0.3) is 0 Å². The highest BCUT2D eigenvalue weighted by atomic mass is 32.2. The molecule has 96 valence electrons. The predicted octanol–water partition coefficient (Wildman–Crippen LogP) is 3.46. The van der Waals surface area contributed by atoms with Crippen LogP contribution in [0.25, 0.3) is 0 Å². The zero-order chi connectivity index (χ0) is 13.4. The van der Waals surface area contributed by atoms with Crippen LogP contribution in [0.2, 0.25) is 0 Å². The first kappa shape index (κ1) is 14.0. The topological polar surface area (TPSA) is 17.1 Å². The predicted molar refractivity (Wildman–Crippen MR) is 48.8 cm³/mol. The van der Waals surface area contributed by atoms with Gasteiger partial charge in [0.2, 0.25) is 0 Å². The number of halogens is 6. The summed E-state index contributed by atoms with van der Waals surface area (Å²) in [5.41, 5.74) is -2.92. The van der Waals surface area contributed by atoms with E-state index >= 15 is 0 Å². The molecule has 0 aliphatic carbocycles. The van der Waals surface area contributed by atoms with E-state index in [0.29, 0.717) is 12.1 Å². The number of hydrogen-bond donors (Lipinski definition) is 0. The zero-order valence-electron chi connectivity index (χ0n) is 8.32. The Morgan fingerprint density at radius 1 is 0.882 bits per heavy atom. The Bertz CT molecular complexity index is 416. The van der Waals surface area contributed by atoms with Gasteiger partial charge >= 0.3 is 12.4 Å². The van der Waals surface area contributed by atoms with Gasteiger partial charge in [-0.25, -0.2) is 0 Å². The lowest BCUT2D eigenvalue weighted by atomic mass is 10.1. The molecule has 0 heterocycles. The van der Waals surface area contributed by atoms with E-state index in [-0.39, 0.29) is 6.07 Å². The van der Waals surface area contributed by atoms with Gasteiger partial charge in [0, 0.05) is 22.0 Å². The van der Waals surface area contributed by atoms with E-state index < -0.39 is 39.2 Å². The highest BCUT2D eigenvalue weighted by Gasteiger charge is 2.37. The third kappa shape index (κ3) is 3.45. The van der Waals surface area contributed by atoms with Crippen molar-refractivity contribution in [2.75, 3.05) is 6.26 Å². The summed E-state index contributed by atoms with van der Waals surface area (Å²) in [7, 11) is -1.92. The first-order chi connectivity index (χ1) is 7.51. The van der Waals surface area contributed by atoms with Crippen molar-refractivity contribution >= 4 is 10.8 Å². The Labute approximate surface area is 94.9 Å². The normalized spacial score (nSPS) is 14.8. The summed E-state index contributed by atoms with van der Waals surface area (Å²) >= 11 is 0. The largest absolute Gasteiger partial charge is 0.416 e. The second-order valence-corrected chi connectivity index (χ2v) is 4.58. The molecule has 1 aromatic rings. The van der Waals surface area contributed by atoms with Gasteiger partial charge in [-0.2, -0.15) is 26.3 Å². The second-order valence-electron chi connectivity index (χ2n) is 3.20. The third-order valence-corrected chi connectivity index (χ3v) is 2.79. The molecule has 0 radical (unpaired) electrons. The fraction of sp³-hybridized carbons (Fsp3) is 0.333. The molecule has 0 fully saturated rings.